The predicted molar refractivity (Wildman–Crippen MR) is 98.8 cm³/mol. The minimum Gasteiger partial charge on any atom is -0.488 e. The van der Waals surface area contributed by atoms with Crippen LogP contribution in [0.25, 0.3) is 5.57 Å². The number of carbonyl (C=O) groups excluding carboxylic acids is 1. The van der Waals surface area contributed by atoms with Crippen molar-refractivity contribution in [3.63, 3.8) is 0 Å². The molecule has 130 valence electrons. The van der Waals surface area contributed by atoms with Crippen LogP contribution in [0.4, 0.5) is 0 Å². The Morgan fingerprint density at radius 1 is 1.20 bits per heavy atom. The van der Waals surface area contributed by atoms with E-state index >= 15 is 0 Å². The molecule has 4 nitrogen and oxygen atoms in total. The Hall–Kier alpha value is -2.59. The zero-order valence-corrected chi connectivity index (χ0v) is 14.9. The minimum absolute atomic E-state index is 0.340. The molecule has 0 amide bonds. The van der Waals surface area contributed by atoms with Gasteiger partial charge in [0.25, 0.3) is 0 Å². The van der Waals surface area contributed by atoms with E-state index in [9.17, 15) is 4.79 Å². The first-order valence-electron chi connectivity index (χ1n) is 8.39. The first-order valence-corrected chi connectivity index (χ1v) is 8.39. The molecule has 0 saturated heterocycles. The molecule has 0 bridgehead atoms. The van der Waals surface area contributed by atoms with Crippen molar-refractivity contribution in [1.29, 1.82) is 0 Å². The zero-order valence-electron chi connectivity index (χ0n) is 14.9. The van der Waals surface area contributed by atoms with Crippen LogP contribution in [0, 0.1) is 0 Å². The smallest absolute Gasteiger partial charge is 0.337 e. The van der Waals surface area contributed by atoms with Gasteiger partial charge in [-0.15, -0.1) is 0 Å². The number of hydrogen-bond acceptors (Lipinski definition) is 4. The van der Waals surface area contributed by atoms with Gasteiger partial charge in [-0.05, 0) is 55.4 Å². The molecule has 0 unspecified atom stereocenters. The van der Waals surface area contributed by atoms with E-state index in [1.54, 1.807) is 6.07 Å². The van der Waals surface area contributed by atoms with Crippen LogP contribution in [0.3, 0.4) is 0 Å². The number of fused-ring (bicyclic) bond motifs is 2. The molecule has 2 aromatic rings. The van der Waals surface area contributed by atoms with Crippen LogP contribution in [0.1, 0.15) is 33.5 Å². The number of methoxy groups -OCH3 is 1. The number of hydrogen-bond donors (Lipinski definition) is 0. The van der Waals surface area contributed by atoms with E-state index in [1.807, 2.05) is 24.3 Å². The number of ether oxygens (including phenoxy) is 2. The van der Waals surface area contributed by atoms with Crippen molar-refractivity contribution < 1.29 is 14.3 Å². The molecule has 2 aromatic carbocycles. The third-order valence-electron chi connectivity index (χ3n) is 4.31. The molecule has 1 aliphatic rings. The van der Waals surface area contributed by atoms with Gasteiger partial charge in [0.15, 0.2) is 0 Å². The molecular weight excluding hydrogens is 314 g/mol. The van der Waals surface area contributed by atoms with E-state index in [4.69, 9.17) is 9.47 Å². The van der Waals surface area contributed by atoms with Gasteiger partial charge in [0.2, 0.25) is 0 Å². The van der Waals surface area contributed by atoms with Crippen molar-refractivity contribution in [2.45, 2.75) is 13.0 Å². The predicted octanol–water partition coefficient (Wildman–Crippen LogP) is 3.75. The third kappa shape index (κ3) is 3.74. The van der Waals surface area contributed by atoms with Crippen molar-refractivity contribution in [3.05, 3.63) is 70.8 Å². The molecular formula is C21H23NO3. The lowest BCUT2D eigenvalue weighted by atomic mass is 9.92. The second kappa shape index (κ2) is 7.53. The Kier molecular flexibility index (Phi) is 5.19. The van der Waals surface area contributed by atoms with Gasteiger partial charge in [-0.2, -0.15) is 0 Å². The molecule has 0 spiro atoms. The molecule has 0 fully saturated rings. The maximum Gasteiger partial charge on any atom is 0.337 e. The van der Waals surface area contributed by atoms with Crippen molar-refractivity contribution >= 4 is 11.5 Å². The number of carbonyl (C=O) groups is 1. The summed E-state index contributed by atoms with van der Waals surface area (Å²) >= 11 is 0. The molecule has 0 saturated carbocycles. The SMILES string of the molecule is COC(=O)c1ccc2c(c1)/C(=C\CCN(C)C)c1ccccc1CO2. The van der Waals surface area contributed by atoms with Crippen LogP contribution in [-0.2, 0) is 11.3 Å². The summed E-state index contributed by atoms with van der Waals surface area (Å²) in [6.07, 6.45) is 3.14. The van der Waals surface area contributed by atoms with Crippen LogP contribution in [0.5, 0.6) is 5.75 Å². The fourth-order valence-electron chi connectivity index (χ4n) is 3.01. The highest BCUT2D eigenvalue weighted by molar-refractivity contribution is 5.93. The highest BCUT2D eigenvalue weighted by Gasteiger charge is 2.20. The fraction of sp³-hybridized carbons (Fsp3) is 0.286. The van der Waals surface area contributed by atoms with Crippen molar-refractivity contribution in [2.75, 3.05) is 27.7 Å². The van der Waals surface area contributed by atoms with Gasteiger partial charge in [0, 0.05) is 12.1 Å². The molecule has 0 aliphatic carbocycles. The molecule has 0 aromatic heterocycles. The highest BCUT2D eigenvalue weighted by Crippen LogP contribution is 2.37. The van der Waals surface area contributed by atoms with Crippen molar-refractivity contribution in [1.82, 2.24) is 4.90 Å². The highest BCUT2D eigenvalue weighted by atomic mass is 16.5. The minimum atomic E-state index is -0.340. The first kappa shape index (κ1) is 17.2. The Bertz CT molecular complexity index is 809. The topological polar surface area (TPSA) is 38.8 Å². The van der Waals surface area contributed by atoms with Gasteiger partial charge >= 0.3 is 5.97 Å². The number of esters is 1. The summed E-state index contributed by atoms with van der Waals surface area (Å²) in [7, 11) is 5.52. The summed E-state index contributed by atoms with van der Waals surface area (Å²) in [5, 5.41) is 0. The number of rotatable bonds is 4. The summed E-state index contributed by atoms with van der Waals surface area (Å²) in [5.41, 5.74) is 4.88. The molecule has 1 aliphatic heterocycles. The van der Waals surface area contributed by atoms with Crippen LogP contribution < -0.4 is 4.74 Å². The second-order valence-electron chi connectivity index (χ2n) is 6.36. The zero-order chi connectivity index (χ0) is 17.8. The van der Waals surface area contributed by atoms with Gasteiger partial charge in [-0.25, -0.2) is 4.79 Å². The monoisotopic (exact) mass is 337 g/mol. The summed E-state index contributed by atoms with van der Waals surface area (Å²) < 4.78 is 10.9. The van der Waals surface area contributed by atoms with Crippen LogP contribution >= 0.6 is 0 Å². The van der Waals surface area contributed by atoms with E-state index in [-0.39, 0.29) is 5.97 Å². The second-order valence-corrected chi connectivity index (χ2v) is 6.36. The number of nitrogens with zero attached hydrogens (tertiary/aromatic N) is 1. The maximum absolute atomic E-state index is 12.0. The van der Waals surface area contributed by atoms with Gasteiger partial charge in [0.05, 0.1) is 12.7 Å². The Balaban J connectivity index is 2.11. The van der Waals surface area contributed by atoms with Crippen LogP contribution in [0.2, 0.25) is 0 Å². The Morgan fingerprint density at radius 2 is 2.00 bits per heavy atom. The molecule has 1 heterocycles. The lowest BCUT2D eigenvalue weighted by molar-refractivity contribution is 0.0600. The lowest BCUT2D eigenvalue weighted by Crippen LogP contribution is -2.12. The summed E-state index contributed by atoms with van der Waals surface area (Å²) in [5.74, 6) is 0.452. The average Bonchev–Trinajstić information content (AvgIpc) is 2.78. The van der Waals surface area contributed by atoms with E-state index in [2.05, 4.69) is 37.2 Å². The van der Waals surface area contributed by atoms with Gasteiger partial charge < -0.3 is 14.4 Å². The molecule has 4 heteroatoms. The lowest BCUT2D eigenvalue weighted by Gasteiger charge is -2.13. The molecule has 0 radical (unpaired) electrons. The van der Waals surface area contributed by atoms with E-state index in [0.717, 1.165) is 41.0 Å². The van der Waals surface area contributed by atoms with Crippen LogP contribution in [-0.4, -0.2) is 38.6 Å². The summed E-state index contributed by atoms with van der Waals surface area (Å²) in [4.78, 5) is 14.1. The van der Waals surface area contributed by atoms with Crippen molar-refractivity contribution in [3.8, 4) is 5.75 Å². The molecule has 0 atom stereocenters. The van der Waals surface area contributed by atoms with E-state index in [0.29, 0.717) is 12.2 Å². The average molecular weight is 337 g/mol. The van der Waals surface area contributed by atoms with Gasteiger partial charge in [-0.1, -0.05) is 30.3 Å². The van der Waals surface area contributed by atoms with Gasteiger partial charge in [0.1, 0.15) is 12.4 Å². The normalized spacial score (nSPS) is 14.5. The summed E-state index contributed by atoms with van der Waals surface area (Å²) in [6.45, 7) is 1.48. The molecule has 3 rings (SSSR count). The molecule has 0 N–H and O–H groups in total. The van der Waals surface area contributed by atoms with E-state index < -0.39 is 0 Å². The quantitative estimate of drug-likeness (QED) is 0.797. The first-order chi connectivity index (χ1) is 12.1. The Morgan fingerprint density at radius 3 is 2.76 bits per heavy atom. The summed E-state index contributed by atoms with van der Waals surface area (Å²) in [6, 6.07) is 13.7. The maximum atomic E-state index is 12.0. The third-order valence-corrected chi connectivity index (χ3v) is 4.31. The van der Waals surface area contributed by atoms with Crippen molar-refractivity contribution in [2.24, 2.45) is 0 Å². The van der Waals surface area contributed by atoms with Gasteiger partial charge in [-0.3, -0.25) is 0 Å². The number of benzene rings is 2. The largest absolute Gasteiger partial charge is 0.488 e. The van der Waals surface area contributed by atoms with Crippen LogP contribution in [0.15, 0.2) is 48.5 Å². The molecule has 25 heavy (non-hydrogen) atoms. The Labute approximate surface area is 148 Å². The van der Waals surface area contributed by atoms with E-state index in [1.165, 1.54) is 7.11 Å². The fourth-order valence-corrected chi connectivity index (χ4v) is 3.01. The standard InChI is InChI=1S/C21H23NO3/c1-22(2)12-6-9-18-17-8-5-4-7-16(17)14-25-20-11-10-15(13-19(18)20)21(23)24-3/h4-5,7-11,13H,6,12,14H2,1-3H3/b18-9-.